The molecule has 0 spiro atoms. The molecule has 1 fully saturated rings. The van der Waals surface area contributed by atoms with Crippen molar-refractivity contribution < 1.29 is 27.1 Å². The number of nitrogen functional groups attached to an aromatic ring is 1. The molecule has 1 amide bonds. The van der Waals surface area contributed by atoms with E-state index in [1.54, 1.807) is 17.9 Å². The fourth-order valence-corrected chi connectivity index (χ4v) is 4.80. The van der Waals surface area contributed by atoms with Gasteiger partial charge in [0.1, 0.15) is 24.0 Å². The van der Waals surface area contributed by atoms with Crippen molar-refractivity contribution in [1.29, 1.82) is 0 Å². The van der Waals surface area contributed by atoms with Gasteiger partial charge in [-0.05, 0) is 31.0 Å². The van der Waals surface area contributed by atoms with E-state index in [1.165, 1.54) is 23.1 Å². The van der Waals surface area contributed by atoms with Gasteiger partial charge in [-0.15, -0.1) is 0 Å². The first-order valence-corrected chi connectivity index (χ1v) is 11.0. The number of anilines is 1. The third-order valence-corrected chi connectivity index (χ3v) is 6.63. The molecular formula is C24H19F4N5O2. The fraction of sp³-hybridized carbons (Fsp3) is 0.292. The van der Waals surface area contributed by atoms with Gasteiger partial charge >= 0.3 is 6.18 Å². The minimum absolute atomic E-state index is 0.00184. The monoisotopic (exact) mass is 485 g/mol. The first-order chi connectivity index (χ1) is 16.6. The van der Waals surface area contributed by atoms with Gasteiger partial charge in [0.15, 0.2) is 0 Å². The van der Waals surface area contributed by atoms with E-state index in [9.17, 15) is 18.0 Å². The number of ether oxygens (including phenoxy) is 1. The number of aryl methyl sites for hydroxylation is 1. The third-order valence-electron chi connectivity index (χ3n) is 6.63. The summed E-state index contributed by atoms with van der Waals surface area (Å²) in [5.41, 5.74) is 6.41. The van der Waals surface area contributed by atoms with Gasteiger partial charge in [0.2, 0.25) is 0 Å². The summed E-state index contributed by atoms with van der Waals surface area (Å²) < 4.78 is 61.8. The normalized spacial score (nSPS) is 17.6. The Morgan fingerprint density at radius 2 is 1.97 bits per heavy atom. The fourth-order valence-electron chi connectivity index (χ4n) is 4.80. The van der Waals surface area contributed by atoms with Crippen LogP contribution in [0, 0.1) is 5.82 Å². The molecule has 0 saturated heterocycles. The van der Waals surface area contributed by atoms with Crippen molar-refractivity contribution in [2.45, 2.75) is 31.1 Å². The van der Waals surface area contributed by atoms with E-state index in [4.69, 9.17) is 10.5 Å². The van der Waals surface area contributed by atoms with Crippen LogP contribution >= 0.6 is 0 Å². The number of hydrogen-bond donors (Lipinski definition) is 1. The van der Waals surface area contributed by atoms with Crippen LogP contribution in [-0.2, 0) is 13.2 Å². The predicted octanol–water partition coefficient (Wildman–Crippen LogP) is 4.60. The lowest BCUT2D eigenvalue weighted by molar-refractivity contribution is -0.137. The number of rotatable bonds is 3. The minimum Gasteiger partial charge on any atom is -0.491 e. The number of pyridine rings is 1. The molecule has 1 aliphatic carbocycles. The predicted molar refractivity (Wildman–Crippen MR) is 119 cm³/mol. The molecule has 0 radical (unpaired) electrons. The maximum Gasteiger partial charge on any atom is 0.416 e. The van der Waals surface area contributed by atoms with Crippen molar-refractivity contribution in [2.75, 3.05) is 12.3 Å². The van der Waals surface area contributed by atoms with Crippen molar-refractivity contribution in [3.63, 3.8) is 0 Å². The molecular weight excluding hydrogens is 466 g/mol. The Hall–Kier alpha value is -3.89. The lowest BCUT2D eigenvalue weighted by Gasteiger charge is -2.29. The Kier molecular flexibility index (Phi) is 4.51. The van der Waals surface area contributed by atoms with E-state index in [0.717, 1.165) is 25.0 Å². The first kappa shape index (κ1) is 21.6. The summed E-state index contributed by atoms with van der Waals surface area (Å²) in [6, 6.07) is 5.09. The third kappa shape index (κ3) is 3.36. The summed E-state index contributed by atoms with van der Waals surface area (Å²) in [5, 5.41) is 5.31. The molecule has 2 aromatic carbocycles. The Morgan fingerprint density at radius 1 is 1.20 bits per heavy atom. The van der Waals surface area contributed by atoms with Crippen molar-refractivity contribution >= 4 is 33.5 Å². The maximum absolute atomic E-state index is 15.2. The molecule has 3 heterocycles. The molecule has 7 nitrogen and oxygen atoms in total. The molecule has 2 aliphatic rings. The molecule has 0 bridgehead atoms. The topological polar surface area (TPSA) is 86.3 Å². The highest BCUT2D eigenvalue weighted by Gasteiger charge is 2.43. The molecule has 180 valence electrons. The van der Waals surface area contributed by atoms with Crippen LogP contribution in [0.25, 0.3) is 21.8 Å². The Morgan fingerprint density at radius 3 is 2.69 bits per heavy atom. The van der Waals surface area contributed by atoms with Crippen LogP contribution in [0.1, 0.15) is 40.4 Å². The number of amides is 1. The summed E-state index contributed by atoms with van der Waals surface area (Å²) in [6.07, 6.45) is -1.51. The highest BCUT2D eigenvalue weighted by molar-refractivity contribution is 6.10. The second-order valence-electron chi connectivity index (χ2n) is 8.90. The van der Waals surface area contributed by atoms with Gasteiger partial charge < -0.3 is 15.4 Å². The zero-order valence-corrected chi connectivity index (χ0v) is 18.4. The van der Waals surface area contributed by atoms with Crippen molar-refractivity contribution in [3.8, 4) is 5.75 Å². The summed E-state index contributed by atoms with van der Waals surface area (Å²) in [7, 11) is 1.71. The van der Waals surface area contributed by atoms with Crippen LogP contribution in [0.4, 0.5) is 23.4 Å². The van der Waals surface area contributed by atoms with E-state index >= 15 is 4.39 Å². The van der Waals surface area contributed by atoms with E-state index in [-0.39, 0.29) is 29.8 Å². The summed E-state index contributed by atoms with van der Waals surface area (Å²) >= 11 is 0. The summed E-state index contributed by atoms with van der Waals surface area (Å²) in [5.74, 6) is -1.02. The van der Waals surface area contributed by atoms with Crippen molar-refractivity contribution in [3.05, 3.63) is 59.0 Å². The van der Waals surface area contributed by atoms with Gasteiger partial charge in [0.05, 0.1) is 39.8 Å². The summed E-state index contributed by atoms with van der Waals surface area (Å²) in [4.78, 5) is 19.5. The molecule has 11 heteroatoms. The zero-order chi connectivity index (χ0) is 24.6. The Labute approximate surface area is 196 Å². The molecule has 1 aliphatic heterocycles. The van der Waals surface area contributed by atoms with E-state index < -0.39 is 29.5 Å². The van der Waals surface area contributed by atoms with Gasteiger partial charge in [-0.1, -0.05) is 6.07 Å². The van der Waals surface area contributed by atoms with Crippen LogP contribution < -0.4 is 10.5 Å². The van der Waals surface area contributed by atoms with Gasteiger partial charge in [-0.3, -0.25) is 9.48 Å². The quantitative estimate of drug-likeness (QED) is 0.429. The Bertz CT molecular complexity index is 1530. The molecule has 1 saturated carbocycles. The zero-order valence-electron chi connectivity index (χ0n) is 18.4. The molecule has 0 unspecified atom stereocenters. The Balaban J connectivity index is 1.44. The smallest absolute Gasteiger partial charge is 0.416 e. The number of carbonyl (C=O) groups is 1. The van der Waals surface area contributed by atoms with E-state index in [2.05, 4.69) is 10.1 Å². The number of hydrogen-bond acceptors (Lipinski definition) is 5. The van der Waals surface area contributed by atoms with Gasteiger partial charge in [-0.25, -0.2) is 9.37 Å². The number of benzene rings is 2. The highest BCUT2D eigenvalue weighted by Crippen LogP contribution is 2.44. The molecule has 2 N–H and O–H groups in total. The largest absolute Gasteiger partial charge is 0.491 e. The standard InChI is InChI=1S/C24H19F4N5O2/c1-32-21-15-7-14(17(25)8-18(15)31-22(29)16(21)9-30-32)23(34)33(12-3-4-12)19-10-35-20-6-11(24(26,27)28)2-5-13(19)20/h2,5-9,12,19H,3-4,10H2,1H3,(H2,29,31)/t19-/m1/s1. The highest BCUT2D eigenvalue weighted by atomic mass is 19.4. The number of carbonyl (C=O) groups excluding carboxylic acids is 1. The van der Waals surface area contributed by atoms with Crippen LogP contribution in [0.15, 0.2) is 36.5 Å². The first-order valence-electron chi connectivity index (χ1n) is 11.0. The van der Waals surface area contributed by atoms with Crippen LogP contribution in [0.3, 0.4) is 0 Å². The number of nitrogens with zero attached hydrogens (tertiary/aromatic N) is 4. The molecule has 2 aromatic heterocycles. The SMILES string of the molecule is Cn1ncc2c(N)nc3cc(F)c(C(=O)N(C4CC4)[C@@H]4COc5cc(C(F)(F)F)ccc54)cc3c21. The number of aromatic nitrogens is 3. The lowest BCUT2D eigenvalue weighted by atomic mass is 10.0. The van der Waals surface area contributed by atoms with Crippen molar-refractivity contribution in [2.24, 2.45) is 7.05 Å². The van der Waals surface area contributed by atoms with Gasteiger partial charge in [-0.2, -0.15) is 18.3 Å². The molecule has 35 heavy (non-hydrogen) atoms. The van der Waals surface area contributed by atoms with Gasteiger partial charge in [0.25, 0.3) is 5.91 Å². The van der Waals surface area contributed by atoms with Crippen molar-refractivity contribution in [1.82, 2.24) is 19.7 Å². The number of alkyl halides is 3. The summed E-state index contributed by atoms with van der Waals surface area (Å²) in [6.45, 7) is -0.00184. The van der Waals surface area contributed by atoms with Crippen LogP contribution in [0.5, 0.6) is 5.75 Å². The second kappa shape index (κ2) is 7.30. The molecule has 4 aromatic rings. The van der Waals surface area contributed by atoms with Crippen LogP contribution in [-0.4, -0.2) is 38.2 Å². The number of fused-ring (bicyclic) bond motifs is 4. The molecule has 1 atom stereocenters. The average Bonchev–Trinajstić information content (AvgIpc) is 3.43. The minimum atomic E-state index is -4.51. The van der Waals surface area contributed by atoms with Gasteiger partial charge in [0, 0.05) is 30.1 Å². The maximum atomic E-state index is 15.2. The van der Waals surface area contributed by atoms with E-state index in [1.807, 2.05) is 0 Å². The van der Waals surface area contributed by atoms with Crippen LogP contribution in [0.2, 0.25) is 0 Å². The lowest BCUT2D eigenvalue weighted by Crippen LogP contribution is -2.38. The molecule has 6 rings (SSSR count). The second-order valence-corrected chi connectivity index (χ2v) is 8.90. The van der Waals surface area contributed by atoms with E-state index in [0.29, 0.717) is 27.4 Å². The average molecular weight is 485 g/mol. The number of nitrogens with two attached hydrogens (primary N) is 1. The number of halogens is 4.